The number of amides is 2. The zero-order valence-corrected chi connectivity index (χ0v) is 19.0. The standard InChI is InChI=1S/C27H28N2O5/c1-33-26(31)23-14-12-20(13-15-23)16-17-28-25(30)24(18-21-8-4-2-5-9-21)29-27(32)34-19-22-10-6-3-7-11-22/h2-15,24H,16-19H2,1H3,(H,28,30)(H,29,32)/t24-/m0/s1. The number of benzene rings is 3. The molecule has 7 nitrogen and oxygen atoms in total. The zero-order valence-electron chi connectivity index (χ0n) is 19.0. The average molecular weight is 461 g/mol. The summed E-state index contributed by atoms with van der Waals surface area (Å²) < 4.78 is 9.99. The quantitative estimate of drug-likeness (QED) is 0.450. The van der Waals surface area contributed by atoms with Gasteiger partial charge in [-0.3, -0.25) is 4.79 Å². The number of rotatable bonds is 10. The molecule has 0 radical (unpaired) electrons. The third-order valence-electron chi connectivity index (χ3n) is 5.19. The second-order valence-electron chi connectivity index (χ2n) is 7.68. The van der Waals surface area contributed by atoms with Crippen molar-refractivity contribution in [2.24, 2.45) is 0 Å². The fourth-order valence-corrected chi connectivity index (χ4v) is 3.34. The molecule has 3 aromatic carbocycles. The van der Waals surface area contributed by atoms with Crippen LogP contribution in [0.2, 0.25) is 0 Å². The molecule has 3 rings (SSSR count). The number of esters is 1. The largest absolute Gasteiger partial charge is 0.465 e. The minimum Gasteiger partial charge on any atom is -0.465 e. The Morgan fingerprint density at radius 3 is 2.03 bits per heavy atom. The van der Waals surface area contributed by atoms with E-state index >= 15 is 0 Å². The summed E-state index contributed by atoms with van der Waals surface area (Å²) >= 11 is 0. The average Bonchev–Trinajstić information content (AvgIpc) is 2.88. The molecule has 0 saturated carbocycles. The molecule has 0 unspecified atom stereocenters. The Hall–Kier alpha value is -4.13. The van der Waals surface area contributed by atoms with Crippen molar-refractivity contribution in [2.45, 2.75) is 25.5 Å². The molecule has 2 N–H and O–H groups in total. The van der Waals surface area contributed by atoms with E-state index in [0.717, 1.165) is 16.7 Å². The molecule has 0 saturated heterocycles. The molecule has 0 aliphatic heterocycles. The molecule has 1 atom stereocenters. The lowest BCUT2D eigenvalue weighted by Crippen LogP contribution is -2.48. The van der Waals surface area contributed by atoms with Crippen LogP contribution in [-0.2, 0) is 33.7 Å². The van der Waals surface area contributed by atoms with E-state index in [0.29, 0.717) is 24.9 Å². The van der Waals surface area contributed by atoms with Crippen LogP contribution in [-0.4, -0.2) is 37.7 Å². The lowest BCUT2D eigenvalue weighted by atomic mass is 10.1. The molecular formula is C27H28N2O5. The maximum Gasteiger partial charge on any atom is 0.408 e. The SMILES string of the molecule is COC(=O)c1ccc(CCNC(=O)[C@H](Cc2ccccc2)NC(=O)OCc2ccccc2)cc1. The van der Waals surface area contributed by atoms with E-state index in [2.05, 4.69) is 10.6 Å². The summed E-state index contributed by atoms with van der Waals surface area (Å²) in [6.45, 7) is 0.496. The molecule has 0 aliphatic carbocycles. The molecule has 0 spiro atoms. The van der Waals surface area contributed by atoms with Crippen LogP contribution in [0.1, 0.15) is 27.0 Å². The lowest BCUT2D eigenvalue weighted by molar-refractivity contribution is -0.123. The fourth-order valence-electron chi connectivity index (χ4n) is 3.34. The topological polar surface area (TPSA) is 93.7 Å². The van der Waals surface area contributed by atoms with Gasteiger partial charge in [-0.2, -0.15) is 0 Å². The fraction of sp³-hybridized carbons (Fsp3) is 0.222. The van der Waals surface area contributed by atoms with Gasteiger partial charge >= 0.3 is 12.1 Å². The van der Waals surface area contributed by atoms with Crippen molar-refractivity contribution in [1.82, 2.24) is 10.6 Å². The van der Waals surface area contributed by atoms with Gasteiger partial charge in [-0.1, -0.05) is 72.8 Å². The van der Waals surface area contributed by atoms with Crippen molar-refractivity contribution in [3.8, 4) is 0 Å². The van der Waals surface area contributed by atoms with Crippen LogP contribution < -0.4 is 10.6 Å². The molecule has 0 aromatic heterocycles. The van der Waals surface area contributed by atoms with Crippen molar-refractivity contribution >= 4 is 18.0 Å². The first-order valence-electron chi connectivity index (χ1n) is 11.0. The van der Waals surface area contributed by atoms with Crippen LogP contribution in [0.25, 0.3) is 0 Å². The van der Waals surface area contributed by atoms with Crippen LogP contribution in [0, 0.1) is 0 Å². The first-order valence-corrected chi connectivity index (χ1v) is 11.0. The maximum atomic E-state index is 12.9. The van der Waals surface area contributed by atoms with Gasteiger partial charge in [0.25, 0.3) is 0 Å². The number of methoxy groups -OCH3 is 1. The summed E-state index contributed by atoms with van der Waals surface area (Å²) in [5.41, 5.74) is 3.21. The highest BCUT2D eigenvalue weighted by Crippen LogP contribution is 2.08. The third-order valence-corrected chi connectivity index (χ3v) is 5.19. The third kappa shape index (κ3) is 7.78. The number of hydrogen-bond acceptors (Lipinski definition) is 5. The van der Waals surface area contributed by atoms with Gasteiger partial charge in [0.1, 0.15) is 12.6 Å². The Morgan fingerprint density at radius 2 is 1.41 bits per heavy atom. The van der Waals surface area contributed by atoms with Crippen molar-refractivity contribution in [3.63, 3.8) is 0 Å². The van der Waals surface area contributed by atoms with Crippen LogP contribution in [0.3, 0.4) is 0 Å². The number of ether oxygens (including phenoxy) is 2. The Morgan fingerprint density at radius 1 is 0.794 bits per heavy atom. The number of nitrogens with one attached hydrogen (secondary N) is 2. The second-order valence-corrected chi connectivity index (χ2v) is 7.68. The highest BCUT2D eigenvalue weighted by molar-refractivity contribution is 5.89. The van der Waals surface area contributed by atoms with E-state index < -0.39 is 18.1 Å². The van der Waals surface area contributed by atoms with E-state index in [1.165, 1.54) is 7.11 Å². The van der Waals surface area contributed by atoms with Crippen LogP contribution in [0.5, 0.6) is 0 Å². The molecule has 2 amide bonds. The molecule has 7 heteroatoms. The molecule has 0 heterocycles. The van der Waals surface area contributed by atoms with Crippen molar-refractivity contribution in [2.75, 3.05) is 13.7 Å². The molecule has 34 heavy (non-hydrogen) atoms. The minimum atomic E-state index is -0.785. The number of alkyl carbamates (subject to hydrolysis) is 1. The molecule has 0 fully saturated rings. The summed E-state index contributed by atoms with van der Waals surface area (Å²) in [6, 6.07) is 25.0. The predicted molar refractivity (Wildman–Crippen MR) is 128 cm³/mol. The first kappa shape index (κ1) is 24.5. The summed E-state index contributed by atoms with van der Waals surface area (Å²) in [4.78, 5) is 36.8. The van der Waals surface area contributed by atoms with Crippen LogP contribution in [0.4, 0.5) is 4.79 Å². The normalized spacial score (nSPS) is 11.2. The summed E-state index contributed by atoms with van der Waals surface area (Å²) in [7, 11) is 1.34. The minimum absolute atomic E-state index is 0.119. The van der Waals surface area contributed by atoms with Gasteiger partial charge in [0.15, 0.2) is 0 Å². The Labute approximate surface area is 199 Å². The van der Waals surface area contributed by atoms with Gasteiger partial charge in [-0.15, -0.1) is 0 Å². The maximum absolute atomic E-state index is 12.9. The number of carbonyl (C=O) groups excluding carboxylic acids is 3. The first-order chi connectivity index (χ1) is 16.5. The van der Waals surface area contributed by atoms with Gasteiger partial charge in [0, 0.05) is 13.0 Å². The summed E-state index contributed by atoms with van der Waals surface area (Å²) in [5, 5.41) is 5.56. The summed E-state index contributed by atoms with van der Waals surface area (Å²) in [5.74, 6) is -0.694. The highest BCUT2D eigenvalue weighted by atomic mass is 16.5. The van der Waals surface area contributed by atoms with Gasteiger partial charge in [0.05, 0.1) is 12.7 Å². The van der Waals surface area contributed by atoms with Crippen LogP contribution >= 0.6 is 0 Å². The van der Waals surface area contributed by atoms with Gasteiger partial charge in [0.2, 0.25) is 5.91 Å². The highest BCUT2D eigenvalue weighted by Gasteiger charge is 2.22. The monoisotopic (exact) mass is 460 g/mol. The molecule has 3 aromatic rings. The van der Waals surface area contributed by atoms with Gasteiger partial charge < -0.3 is 20.1 Å². The summed E-state index contributed by atoms with van der Waals surface area (Å²) in [6.07, 6.45) is 0.253. The molecule has 0 bridgehead atoms. The Bertz CT molecular complexity index is 1070. The van der Waals surface area contributed by atoms with E-state index in [1.54, 1.807) is 12.1 Å². The van der Waals surface area contributed by atoms with E-state index in [9.17, 15) is 14.4 Å². The zero-order chi connectivity index (χ0) is 24.2. The van der Waals surface area contributed by atoms with Crippen molar-refractivity contribution < 1.29 is 23.9 Å². The van der Waals surface area contributed by atoms with Crippen molar-refractivity contribution in [3.05, 3.63) is 107 Å². The Balaban J connectivity index is 1.55. The van der Waals surface area contributed by atoms with E-state index in [4.69, 9.17) is 9.47 Å². The predicted octanol–water partition coefficient (Wildman–Crippen LogP) is 3.67. The number of carbonyl (C=O) groups is 3. The van der Waals surface area contributed by atoms with Gasteiger partial charge in [-0.25, -0.2) is 9.59 Å². The molecule has 0 aliphatic rings. The van der Waals surface area contributed by atoms with Gasteiger partial charge in [-0.05, 0) is 35.2 Å². The van der Waals surface area contributed by atoms with Crippen molar-refractivity contribution in [1.29, 1.82) is 0 Å². The molecule has 176 valence electrons. The Kier molecular flexibility index (Phi) is 9.22. The smallest absolute Gasteiger partial charge is 0.408 e. The molecular weight excluding hydrogens is 432 g/mol. The number of hydrogen-bond donors (Lipinski definition) is 2. The van der Waals surface area contributed by atoms with E-state index in [1.807, 2.05) is 72.8 Å². The van der Waals surface area contributed by atoms with Crippen LogP contribution in [0.15, 0.2) is 84.9 Å². The lowest BCUT2D eigenvalue weighted by Gasteiger charge is -2.19. The van der Waals surface area contributed by atoms with E-state index in [-0.39, 0.29) is 12.5 Å². The second kappa shape index (κ2) is 12.8.